The molecule has 2 heterocycles. The lowest BCUT2D eigenvalue weighted by Crippen LogP contribution is -2.22. The van der Waals surface area contributed by atoms with E-state index in [9.17, 15) is 8.78 Å². The fraction of sp³-hybridized carbons (Fsp3) is 0.312. The SMILES string of the molecule is Fc1cc(Cl)cc(F)c1OC(c1cccnc1)[C@H]1CCNC1. The molecule has 1 saturated heterocycles. The van der Waals surface area contributed by atoms with Crippen molar-refractivity contribution < 1.29 is 13.5 Å². The minimum Gasteiger partial charge on any atom is -0.479 e. The van der Waals surface area contributed by atoms with Crippen LogP contribution in [-0.4, -0.2) is 18.1 Å². The number of benzene rings is 1. The predicted octanol–water partition coefficient (Wildman–Crippen LogP) is 3.74. The zero-order valence-corrected chi connectivity index (χ0v) is 12.5. The summed E-state index contributed by atoms with van der Waals surface area (Å²) in [6.45, 7) is 1.59. The van der Waals surface area contributed by atoms with Crippen LogP contribution in [0.25, 0.3) is 0 Å². The van der Waals surface area contributed by atoms with E-state index in [1.54, 1.807) is 18.5 Å². The van der Waals surface area contributed by atoms with E-state index in [1.165, 1.54) is 0 Å². The van der Waals surface area contributed by atoms with Gasteiger partial charge in [0, 0.05) is 35.4 Å². The van der Waals surface area contributed by atoms with Gasteiger partial charge in [-0.25, -0.2) is 8.78 Å². The van der Waals surface area contributed by atoms with Crippen LogP contribution in [0.4, 0.5) is 8.78 Å². The summed E-state index contributed by atoms with van der Waals surface area (Å²) in [5.41, 5.74) is 0.796. The van der Waals surface area contributed by atoms with Gasteiger partial charge in [-0.1, -0.05) is 17.7 Å². The molecule has 116 valence electrons. The summed E-state index contributed by atoms with van der Waals surface area (Å²) < 4.78 is 33.7. The number of aromatic nitrogens is 1. The molecule has 1 unspecified atom stereocenters. The molecule has 0 bridgehead atoms. The van der Waals surface area contributed by atoms with Crippen molar-refractivity contribution in [2.75, 3.05) is 13.1 Å². The lowest BCUT2D eigenvalue weighted by atomic mass is 9.96. The van der Waals surface area contributed by atoms with E-state index in [-0.39, 0.29) is 10.9 Å². The van der Waals surface area contributed by atoms with E-state index in [4.69, 9.17) is 16.3 Å². The monoisotopic (exact) mass is 324 g/mol. The molecule has 1 aliphatic heterocycles. The first-order chi connectivity index (χ1) is 10.6. The van der Waals surface area contributed by atoms with Gasteiger partial charge in [0.25, 0.3) is 0 Å². The molecular weight excluding hydrogens is 310 g/mol. The third-order valence-corrected chi connectivity index (χ3v) is 3.97. The zero-order chi connectivity index (χ0) is 15.5. The van der Waals surface area contributed by atoms with Crippen molar-refractivity contribution in [1.82, 2.24) is 10.3 Å². The van der Waals surface area contributed by atoms with Crippen molar-refractivity contribution in [2.45, 2.75) is 12.5 Å². The lowest BCUT2D eigenvalue weighted by Gasteiger charge is -2.25. The highest BCUT2D eigenvalue weighted by molar-refractivity contribution is 6.30. The largest absolute Gasteiger partial charge is 0.479 e. The van der Waals surface area contributed by atoms with Gasteiger partial charge in [-0.05, 0) is 31.2 Å². The third kappa shape index (κ3) is 3.20. The first-order valence-electron chi connectivity index (χ1n) is 7.07. The third-order valence-electron chi connectivity index (χ3n) is 3.75. The van der Waals surface area contributed by atoms with Gasteiger partial charge in [0.05, 0.1) is 0 Å². The predicted molar refractivity (Wildman–Crippen MR) is 80.0 cm³/mol. The number of ether oxygens (including phenoxy) is 1. The van der Waals surface area contributed by atoms with Crippen molar-refractivity contribution in [3.8, 4) is 5.75 Å². The molecule has 0 spiro atoms. The molecule has 0 amide bonds. The van der Waals surface area contributed by atoms with Crippen molar-refractivity contribution in [3.63, 3.8) is 0 Å². The van der Waals surface area contributed by atoms with Gasteiger partial charge in [0.1, 0.15) is 6.10 Å². The molecule has 1 N–H and O–H groups in total. The van der Waals surface area contributed by atoms with Crippen LogP contribution in [0.1, 0.15) is 18.1 Å². The smallest absolute Gasteiger partial charge is 0.191 e. The highest BCUT2D eigenvalue weighted by Crippen LogP contribution is 2.35. The fourth-order valence-corrected chi connectivity index (χ4v) is 2.88. The average Bonchev–Trinajstić information content (AvgIpc) is 3.01. The van der Waals surface area contributed by atoms with Crippen molar-refractivity contribution >= 4 is 11.6 Å². The molecule has 6 heteroatoms. The second-order valence-corrected chi connectivity index (χ2v) is 5.71. The highest BCUT2D eigenvalue weighted by atomic mass is 35.5. The summed E-state index contributed by atoms with van der Waals surface area (Å²) in [4.78, 5) is 4.07. The molecule has 1 aliphatic rings. The molecular formula is C16H15ClF2N2O. The standard InChI is InChI=1S/C16H15ClF2N2O/c17-12-6-13(18)16(14(19)7-12)22-15(11-3-5-21-9-11)10-2-1-4-20-8-10/h1-2,4,6-8,11,15,21H,3,5,9H2/t11-,15?/m0/s1. The summed E-state index contributed by atoms with van der Waals surface area (Å²) in [6.07, 6.45) is 3.72. The number of hydrogen-bond acceptors (Lipinski definition) is 3. The molecule has 3 rings (SSSR count). The Kier molecular flexibility index (Phi) is 4.55. The van der Waals surface area contributed by atoms with Crippen molar-refractivity contribution in [2.24, 2.45) is 5.92 Å². The van der Waals surface area contributed by atoms with Crippen LogP contribution in [-0.2, 0) is 0 Å². The quantitative estimate of drug-likeness (QED) is 0.930. The Labute approximate surface area is 132 Å². The minimum atomic E-state index is -0.801. The van der Waals surface area contributed by atoms with E-state index < -0.39 is 23.5 Å². The van der Waals surface area contributed by atoms with E-state index in [1.807, 2.05) is 6.07 Å². The Morgan fingerprint density at radius 1 is 1.32 bits per heavy atom. The fourth-order valence-electron chi connectivity index (χ4n) is 2.68. The van der Waals surface area contributed by atoms with E-state index in [0.717, 1.165) is 37.2 Å². The maximum absolute atomic E-state index is 14.0. The first kappa shape index (κ1) is 15.2. The molecule has 0 saturated carbocycles. The summed E-state index contributed by atoms with van der Waals surface area (Å²) in [7, 11) is 0. The van der Waals surface area contributed by atoms with Gasteiger partial charge in [0.15, 0.2) is 17.4 Å². The van der Waals surface area contributed by atoms with E-state index in [0.29, 0.717) is 0 Å². The Balaban J connectivity index is 1.94. The Hall–Kier alpha value is -1.72. The number of nitrogens with zero attached hydrogens (tertiary/aromatic N) is 1. The number of halogens is 3. The van der Waals surface area contributed by atoms with Crippen molar-refractivity contribution in [1.29, 1.82) is 0 Å². The average molecular weight is 325 g/mol. The van der Waals surface area contributed by atoms with Gasteiger partial charge in [-0.3, -0.25) is 4.98 Å². The molecule has 2 atom stereocenters. The Morgan fingerprint density at radius 2 is 2.09 bits per heavy atom. The lowest BCUT2D eigenvalue weighted by molar-refractivity contribution is 0.131. The van der Waals surface area contributed by atoms with E-state index in [2.05, 4.69) is 10.3 Å². The highest BCUT2D eigenvalue weighted by Gasteiger charge is 2.30. The number of nitrogens with one attached hydrogen (secondary N) is 1. The Bertz CT molecular complexity index is 625. The maximum atomic E-state index is 14.0. The summed E-state index contributed by atoms with van der Waals surface area (Å²) >= 11 is 5.65. The molecule has 0 aliphatic carbocycles. The number of hydrogen-bond donors (Lipinski definition) is 1. The normalized spacial score (nSPS) is 19.1. The maximum Gasteiger partial charge on any atom is 0.191 e. The molecule has 1 aromatic carbocycles. The summed E-state index contributed by atoms with van der Waals surface area (Å²) in [6, 6.07) is 5.73. The molecule has 1 aromatic heterocycles. The van der Waals surface area contributed by atoms with Crippen LogP contribution >= 0.6 is 11.6 Å². The topological polar surface area (TPSA) is 34.1 Å². The van der Waals surface area contributed by atoms with Crippen LogP contribution in [0.5, 0.6) is 5.75 Å². The van der Waals surface area contributed by atoms with Crippen LogP contribution in [0.3, 0.4) is 0 Å². The second-order valence-electron chi connectivity index (χ2n) is 5.28. The molecule has 22 heavy (non-hydrogen) atoms. The van der Waals surface area contributed by atoms with Gasteiger partial charge < -0.3 is 10.1 Å². The van der Waals surface area contributed by atoms with Gasteiger partial charge in [0.2, 0.25) is 0 Å². The molecule has 2 aromatic rings. The first-order valence-corrected chi connectivity index (χ1v) is 7.45. The van der Waals surface area contributed by atoms with Crippen LogP contribution in [0.2, 0.25) is 5.02 Å². The van der Waals surface area contributed by atoms with Crippen LogP contribution in [0, 0.1) is 17.6 Å². The van der Waals surface area contributed by atoms with Gasteiger partial charge in [-0.2, -0.15) is 0 Å². The molecule has 1 fully saturated rings. The van der Waals surface area contributed by atoms with E-state index >= 15 is 0 Å². The van der Waals surface area contributed by atoms with Crippen LogP contribution in [0.15, 0.2) is 36.7 Å². The number of pyridine rings is 1. The van der Waals surface area contributed by atoms with Crippen LogP contribution < -0.4 is 10.1 Å². The Morgan fingerprint density at radius 3 is 2.68 bits per heavy atom. The minimum absolute atomic E-state index is 0.00260. The van der Waals surface area contributed by atoms with Crippen molar-refractivity contribution in [3.05, 3.63) is 58.9 Å². The van der Waals surface area contributed by atoms with Gasteiger partial charge in [-0.15, -0.1) is 0 Å². The summed E-state index contributed by atoms with van der Waals surface area (Å²) in [5, 5.41) is 3.24. The number of rotatable bonds is 4. The second kappa shape index (κ2) is 6.58. The van der Waals surface area contributed by atoms with Gasteiger partial charge >= 0.3 is 0 Å². The molecule has 3 nitrogen and oxygen atoms in total. The summed E-state index contributed by atoms with van der Waals surface area (Å²) in [5.74, 6) is -1.88. The zero-order valence-electron chi connectivity index (χ0n) is 11.7. The molecule has 0 radical (unpaired) electrons.